The van der Waals surface area contributed by atoms with Gasteiger partial charge in [0.05, 0.1) is 54.1 Å². The van der Waals surface area contributed by atoms with Gasteiger partial charge in [0.2, 0.25) is 5.95 Å². The summed E-state index contributed by atoms with van der Waals surface area (Å²) in [6.07, 6.45) is -0.484. The zero-order valence-electron chi connectivity index (χ0n) is 26.1. The number of fused-ring (bicyclic) bond motifs is 1. The van der Waals surface area contributed by atoms with Gasteiger partial charge < -0.3 is 29.7 Å². The largest absolute Gasteiger partial charge is 0.481 e. The molecule has 1 amide bonds. The van der Waals surface area contributed by atoms with Gasteiger partial charge in [-0.2, -0.15) is 18.2 Å². The molecule has 252 valence electrons. The maximum absolute atomic E-state index is 14.1. The summed E-state index contributed by atoms with van der Waals surface area (Å²) in [5.74, 6) is -2.22. The zero-order valence-corrected chi connectivity index (χ0v) is 27.0. The fraction of sp³-hybridized carbons (Fsp3) is 0.452. The minimum atomic E-state index is -4.80. The number of aromatic nitrogens is 3. The van der Waals surface area contributed by atoms with E-state index in [-0.39, 0.29) is 54.9 Å². The summed E-state index contributed by atoms with van der Waals surface area (Å²) in [5, 5.41) is 15.0. The van der Waals surface area contributed by atoms with Gasteiger partial charge in [-0.1, -0.05) is 6.07 Å². The fourth-order valence-electron chi connectivity index (χ4n) is 6.03. The molecule has 0 radical (unpaired) electrons. The Morgan fingerprint density at radius 3 is 2.34 bits per heavy atom. The summed E-state index contributed by atoms with van der Waals surface area (Å²) in [4.78, 5) is 38.4. The van der Waals surface area contributed by atoms with Crippen LogP contribution in [0.15, 0.2) is 36.7 Å². The van der Waals surface area contributed by atoms with Gasteiger partial charge in [0.1, 0.15) is 11.4 Å². The summed E-state index contributed by atoms with van der Waals surface area (Å²) in [6.45, 7) is 4.09. The molecule has 1 aliphatic carbocycles. The Morgan fingerprint density at radius 1 is 1.04 bits per heavy atom. The van der Waals surface area contributed by atoms with Crippen LogP contribution in [0.3, 0.4) is 0 Å². The normalized spacial score (nSPS) is 18.3. The summed E-state index contributed by atoms with van der Waals surface area (Å²) in [5.41, 5.74) is 1.73. The topological polar surface area (TPSA) is 156 Å². The van der Waals surface area contributed by atoms with E-state index in [1.165, 1.54) is 11.1 Å². The Morgan fingerprint density at radius 2 is 1.74 bits per heavy atom. The van der Waals surface area contributed by atoms with Crippen molar-refractivity contribution in [3.63, 3.8) is 0 Å². The number of carboxylic acid groups (broad SMARTS) is 1. The van der Waals surface area contributed by atoms with Crippen LogP contribution >= 0.6 is 7.60 Å². The number of nitrogens with zero attached hydrogens (tertiary/aromatic N) is 4. The maximum atomic E-state index is 14.1. The third-order valence-electron chi connectivity index (χ3n) is 8.26. The molecule has 1 fully saturated rings. The predicted molar refractivity (Wildman–Crippen MR) is 167 cm³/mol. The number of anilines is 4. The second kappa shape index (κ2) is 14.0. The van der Waals surface area contributed by atoms with Crippen molar-refractivity contribution in [1.29, 1.82) is 0 Å². The maximum Gasteiger partial charge on any atom is 0.421 e. The molecule has 3 N–H and O–H groups in total. The van der Waals surface area contributed by atoms with Crippen LogP contribution < -0.4 is 10.6 Å². The van der Waals surface area contributed by atoms with E-state index < -0.39 is 37.0 Å². The van der Waals surface area contributed by atoms with Crippen LogP contribution in [0.4, 0.5) is 36.3 Å². The molecule has 12 nitrogen and oxygen atoms in total. The minimum Gasteiger partial charge on any atom is -0.481 e. The highest BCUT2D eigenvalue weighted by Gasteiger charge is 2.38. The fourth-order valence-corrected chi connectivity index (χ4v) is 7.66. The van der Waals surface area contributed by atoms with Crippen LogP contribution in [0.5, 0.6) is 0 Å². The molecule has 47 heavy (non-hydrogen) atoms. The van der Waals surface area contributed by atoms with E-state index in [0.717, 1.165) is 5.56 Å². The number of pyridine rings is 1. The summed E-state index contributed by atoms with van der Waals surface area (Å²) < 4.78 is 65.7. The van der Waals surface area contributed by atoms with Gasteiger partial charge in [0, 0.05) is 19.8 Å². The van der Waals surface area contributed by atoms with E-state index >= 15 is 0 Å². The van der Waals surface area contributed by atoms with Crippen LogP contribution in [0.2, 0.25) is 0 Å². The van der Waals surface area contributed by atoms with E-state index in [2.05, 4.69) is 25.6 Å². The number of carbonyl (C=O) groups excluding carboxylic acids is 1. The molecule has 0 saturated heterocycles. The number of hydrogen-bond donors (Lipinski definition) is 3. The van der Waals surface area contributed by atoms with Gasteiger partial charge >= 0.3 is 19.7 Å². The highest BCUT2D eigenvalue weighted by atomic mass is 31.2. The molecule has 1 aromatic carbocycles. The van der Waals surface area contributed by atoms with Gasteiger partial charge in [-0.15, -0.1) is 0 Å². The molecule has 0 atom stereocenters. The first-order valence-corrected chi connectivity index (χ1v) is 17.0. The molecule has 2 aromatic heterocycles. The zero-order chi connectivity index (χ0) is 33.9. The van der Waals surface area contributed by atoms with Crippen molar-refractivity contribution in [2.75, 3.05) is 30.9 Å². The van der Waals surface area contributed by atoms with Gasteiger partial charge in [0.25, 0.3) is 5.91 Å². The van der Waals surface area contributed by atoms with Crippen LogP contribution in [0, 0.1) is 5.92 Å². The smallest absolute Gasteiger partial charge is 0.421 e. The van der Waals surface area contributed by atoms with Crippen LogP contribution in [0.25, 0.3) is 0 Å². The van der Waals surface area contributed by atoms with E-state index in [4.69, 9.17) is 9.05 Å². The van der Waals surface area contributed by atoms with Gasteiger partial charge in [-0.3, -0.25) is 19.1 Å². The highest BCUT2D eigenvalue weighted by Crippen LogP contribution is 2.51. The lowest BCUT2D eigenvalue weighted by atomic mass is 9.77. The lowest BCUT2D eigenvalue weighted by Gasteiger charge is -2.28. The lowest BCUT2D eigenvalue weighted by molar-refractivity contribution is -0.143. The number of amides is 1. The molecule has 5 rings (SSSR count). The Kier molecular flexibility index (Phi) is 10.2. The molecule has 1 aliphatic heterocycles. The third kappa shape index (κ3) is 7.74. The third-order valence-corrected chi connectivity index (χ3v) is 10.3. The van der Waals surface area contributed by atoms with Crippen LogP contribution in [-0.4, -0.2) is 57.1 Å². The van der Waals surface area contributed by atoms with Gasteiger partial charge in [0.15, 0.2) is 0 Å². The number of alkyl halides is 3. The number of nitrogens with one attached hydrogen (secondary N) is 2. The van der Waals surface area contributed by atoms with E-state index in [1.54, 1.807) is 45.2 Å². The SMILES string of the molecule is CCOP(=O)(Cc1ccc(Nc2ncc(C(F)(F)F)c(Nc3ccc([C@H]4CC[C@H](C(=O)O)CC4)c4c3C(=O)N(C)C4)n2)cn1)OCC. The van der Waals surface area contributed by atoms with Gasteiger partial charge in [-0.05, 0) is 74.8 Å². The molecule has 3 aromatic rings. The first-order chi connectivity index (χ1) is 22.3. The van der Waals surface area contributed by atoms with Crippen molar-refractivity contribution >= 4 is 42.6 Å². The standard InChI is InChI=1S/C31H36F3N6O6P/c1-4-45-47(44,46-5-2)17-21-11-10-20(14-35-21)37-30-36-15-24(31(32,33)34)27(39-30)38-25-13-12-22(23-16-40(3)28(41)26(23)25)18-6-8-19(9-7-18)29(42)43/h10-15,18-19H,4-9,16-17H2,1-3H3,(H,42,43)(H2,36,37,38,39)/t18-,19-. The van der Waals surface area contributed by atoms with E-state index in [9.17, 15) is 32.4 Å². The van der Waals surface area contributed by atoms with Crippen molar-refractivity contribution in [2.24, 2.45) is 5.92 Å². The first-order valence-electron chi connectivity index (χ1n) is 15.3. The Bertz CT molecular complexity index is 1670. The molecule has 3 heterocycles. The van der Waals surface area contributed by atoms with Crippen molar-refractivity contribution in [3.05, 3.63) is 64.6 Å². The molecule has 16 heteroatoms. The monoisotopic (exact) mass is 676 g/mol. The molecule has 0 bridgehead atoms. The second-order valence-electron chi connectivity index (χ2n) is 11.5. The van der Waals surface area contributed by atoms with Crippen LogP contribution in [0.1, 0.15) is 78.2 Å². The molecular weight excluding hydrogens is 640 g/mol. The molecule has 1 saturated carbocycles. The Balaban J connectivity index is 1.41. The van der Waals surface area contributed by atoms with Crippen molar-refractivity contribution in [1.82, 2.24) is 19.9 Å². The molecular formula is C31H36F3N6O6P. The second-order valence-corrected chi connectivity index (χ2v) is 13.5. The molecule has 0 spiro atoms. The van der Waals surface area contributed by atoms with E-state index in [0.29, 0.717) is 48.8 Å². The number of hydrogen-bond acceptors (Lipinski definition) is 10. The summed E-state index contributed by atoms with van der Waals surface area (Å²) in [6, 6.07) is 6.55. The average molecular weight is 677 g/mol. The Labute approximate surface area is 269 Å². The highest BCUT2D eigenvalue weighted by molar-refractivity contribution is 7.53. The number of carbonyl (C=O) groups is 2. The lowest BCUT2D eigenvalue weighted by Crippen LogP contribution is -2.21. The summed E-state index contributed by atoms with van der Waals surface area (Å²) in [7, 11) is -1.77. The van der Waals surface area contributed by atoms with Crippen molar-refractivity contribution < 1.29 is 41.5 Å². The number of halogens is 3. The Hall–Kier alpha value is -4.07. The summed E-state index contributed by atoms with van der Waals surface area (Å²) >= 11 is 0. The van der Waals surface area contributed by atoms with Crippen molar-refractivity contribution in [3.8, 4) is 0 Å². The molecule has 0 unspecified atom stereocenters. The first kappa shape index (κ1) is 34.3. The number of carboxylic acids is 1. The number of benzene rings is 1. The minimum absolute atomic E-state index is 0.0403. The van der Waals surface area contributed by atoms with Crippen molar-refractivity contribution in [2.45, 2.75) is 64.3 Å². The quantitative estimate of drug-likeness (QED) is 0.168. The van der Waals surface area contributed by atoms with E-state index in [1.807, 2.05) is 0 Å². The predicted octanol–water partition coefficient (Wildman–Crippen LogP) is 7.09. The number of aliphatic carboxylic acids is 1. The average Bonchev–Trinajstić information content (AvgIpc) is 3.32. The number of rotatable bonds is 12. The van der Waals surface area contributed by atoms with Gasteiger partial charge in [-0.25, -0.2) is 4.98 Å². The van der Waals surface area contributed by atoms with Crippen LogP contribution in [-0.2, 0) is 37.3 Å². The molecule has 2 aliphatic rings.